The summed E-state index contributed by atoms with van der Waals surface area (Å²) in [4.78, 5) is 8.53. The number of nitrogens with two attached hydrogens (primary N) is 1. The van der Waals surface area contributed by atoms with E-state index in [0.29, 0.717) is 34.0 Å². The van der Waals surface area contributed by atoms with E-state index in [4.69, 9.17) is 10.5 Å². The summed E-state index contributed by atoms with van der Waals surface area (Å²) in [5.74, 6) is 0.196. The molecule has 0 spiro atoms. The van der Waals surface area contributed by atoms with Crippen LogP contribution in [0.1, 0.15) is 12.5 Å². The SMILES string of the molecule is CCS(=O)(=O)Nc1ccc(-c2ncn3ccnc(N)c23)cc1OCc1ccc(F)cc1. The maximum atomic E-state index is 13.2. The van der Waals surface area contributed by atoms with Crippen LogP contribution in [0.5, 0.6) is 5.75 Å². The summed E-state index contributed by atoms with van der Waals surface area (Å²) in [6.45, 7) is 1.67. The molecule has 2 heterocycles. The Hall–Kier alpha value is -3.66. The molecular formula is C21H20FN5O3S. The molecule has 10 heteroatoms. The van der Waals surface area contributed by atoms with Gasteiger partial charge in [0.05, 0.1) is 17.1 Å². The Kier molecular flexibility index (Phi) is 5.47. The molecule has 4 rings (SSSR count). The van der Waals surface area contributed by atoms with Gasteiger partial charge in [0, 0.05) is 18.0 Å². The van der Waals surface area contributed by atoms with Crippen molar-refractivity contribution in [1.82, 2.24) is 14.4 Å². The second kappa shape index (κ2) is 8.23. The molecule has 0 unspecified atom stereocenters. The normalized spacial score (nSPS) is 11.5. The molecule has 0 bridgehead atoms. The van der Waals surface area contributed by atoms with E-state index in [9.17, 15) is 12.8 Å². The first-order valence-corrected chi connectivity index (χ1v) is 11.1. The summed E-state index contributed by atoms with van der Waals surface area (Å²) in [7, 11) is -3.52. The largest absolute Gasteiger partial charge is 0.487 e. The monoisotopic (exact) mass is 441 g/mol. The Bertz CT molecular complexity index is 1340. The van der Waals surface area contributed by atoms with Crippen molar-refractivity contribution in [3.05, 3.63) is 72.6 Å². The lowest BCUT2D eigenvalue weighted by molar-refractivity contribution is 0.308. The number of aromatic nitrogens is 3. The van der Waals surface area contributed by atoms with Gasteiger partial charge in [-0.25, -0.2) is 22.8 Å². The minimum atomic E-state index is -3.52. The van der Waals surface area contributed by atoms with Crippen molar-refractivity contribution in [2.24, 2.45) is 0 Å². The lowest BCUT2D eigenvalue weighted by Gasteiger charge is -2.15. The van der Waals surface area contributed by atoms with Crippen LogP contribution < -0.4 is 15.2 Å². The number of nitrogens with zero attached hydrogens (tertiary/aromatic N) is 3. The first-order valence-electron chi connectivity index (χ1n) is 9.45. The smallest absolute Gasteiger partial charge is 0.232 e. The molecule has 31 heavy (non-hydrogen) atoms. The summed E-state index contributed by atoms with van der Waals surface area (Å²) in [5.41, 5.74) is 8.95. The number of sulfonamides is 1. The number of hydrogen-bond acceptors (Lipinski definition) is 6. The number of nitrogen functional groups attached to an aromatic ring is 1. The summed E-state index contributed by atoms with van der Waals surface area (Å²) >= 11 is 0. The van der Waals surface area contributed by atoms with Crippen LogP contribution in [0.4, 0.5) is 15.9 Å². The Morgan fingerprint density at radius 1 is 1.16 bits per heavy atom. The molecule has 0 saturated heterocycles. The second-order valence-corrected chi connectivity index (χ2v) is 8.80. The van der Waals surface area contributed by atoms with Crippen molar-refractivity contribution < 1.29 is 17.5 Å². The Morgan fingerprint density at radius 3 is 2.68 bits per heavy atom. The number of benzene rings is 2. The highest BCUT2D eigenvalue weighted by Gasteiger charge is 2.16. The molecule has 0 fully saturated rings. The lowest BCUT2D eigenvalue weighted by Crippen LogP contribution is -2.15. The van der Waals surface area contributed by atoms with Crippen LogP contribution >= 0.6 is 0 Å². The third-order valence-electron chi connectivity index (χ3n) is 4.69. The number of hydrogen-bond donors (Lipinski definition) is 2. The van der Waals surface area contributed by atoms with E-state index in [1.54, 1.807) is 60.4 Å². The van der Waals surface area contributed by atoms with Gasteiger partial charge in [-0.1, -0.05) is 18.2 Å². The molecular weight excluding hydrogens is 421 g/mol. The molecule has 2 aromatic carbocycles. The van der Waals surface area contributed by atoms with Crippen LogP contribution in [0.3, 0.4) is 0 Å². The summed E-state index contributed by atoms with van der Waals surface area (Å²) in [6, 6.07) is 10.9. The van der Waals surface area contributed by atoms with Crippen molar-refractivity contribution in [2.45, 2.75) is 13.5 Å². The third-order valence-corrected chi connectivity index (χ3v) is 5.98. The van der Waals surface area contributed by atoms with Crippen LogP contribution in [-0.2, 0) is 16.6 Å². The minimum absolute atomic E-state index is 0.0833. The molecule has 0 aliphatic carbocycles. The van der Waals surface area contributed by atoms with Gasteiger partial charge in [0.2, 0.25) is 10.0 Å². The molecule has 0 saturated carbocycles. The van der Waals surface area contributed by atoms with Crippen LogP contribution in [0, 0.1) is 5.82 Å². The fourth-order valence-electron chi connectivity index (χ4n) is 3.04. The van der Waals surface area contributed by atoms with Crippen LogP contribution in [0.25, 0.3) is 16.8 Å². The Balaban J connectivity index is 1.74. The van der Waals surface area contributed by atoms with Crippen molar-refractivity contribution in [1.29, 1.82) is 0 Å². The van der Waals surface area contributed by atoms with E-state index >= 15 is 0 Å². The molecule has 0 aliphatic rings. The van der Waals surface area contributed by atoms with Crippen molar-refractivity contribution in [3.63, 3.8) is 0 Å². The van der Waals surface area contributed by atoms with Crippen molar-refractivity contribution in [2.75, 3.05) is 16.2 Å². The predicted octanol–water partition coefficient (Wildman–Crippen LogP) is 3.46. The third kappa shape index (κ3) is 4.43. The maximum Gasteiger partial charge on any atom is 0.232 e. The highest BCUT2D eigenvalue weighted by Crippen LogP contribution is 2.34. The van der Waals surface area contributed by atoms with Gasteiger partial charge in [0.25, 0.3) is 0 Å². The van der Waals surface area contributed by atoms with Crippen LogP contribution in [0.2, 0.25) is 0 Å². The fraction of sp³-hybridized carbons (Fsp3) is 0.143. The van der Waals surface area contributed by atoms with E-state index in [1.165, 1.54) is 12.1 Å². The van der Waals surface area contributed by atoms with E-state index in [1.807, 2.05) is 0 Å². The van der Waals surface area contributed by atoms with E-state index in [-0.39, 0.29) is 18.2 Å². The Morgan fingerprint density at radius 2 is 1.94 bits per heavy atom. The fourth-order valence-corrected chi connectivity index (χ4v) is 3.69. The maximum absolute atomic E-state index is 13.2. The lowest BCUT2D eigenvalue weighted by atomic mass is 10.1. The number of ether oxygens (including phenoxy) is 1. The molecule has 3 N–H and O–H groups in total. The highest BCUT2D eigenvalue weighted by atomic mass is 32.2. The number of fused-ring (bicyclic) bond motifs is 1. The van der Waals surface area contributed by atoms with Gasteiger partial charge in [-0.3, -0.25) is 4.72 Å². The van der Waals surface area contributed by atoms with Gasteiger partial charge < -0.3 is 14.9 Å². The Labute approximate surface area is 178 Å². The molecule has 4 aromatic rings. The molecule has 8 nitrogen and oxygen atoms in total. The van der Waals surface area contributed by atoms with Crippen LogP contribution in [-0.4, -0.2) is 28.5 Å². The molecule has 0 atom stereocenters. The average Bonchev–Trinajstić information content (AvgIpc) is 3.19. The number of anilines is 2. The zero-order valence-corrected chi connectivity index (χ0v) is 17.4. The average molecular weight is 441 g/mol. The van der Waals surface area contributed by atoms with E-state index in [0.717, 1.165) is 5.56 Å². The van der Waals surface area contributed by atoms with Gasteiger partial charge in [-0.2, -0.15) is 0 Å². The van der Waals surface area contributed by atoms with Crippen LogP contribution in [0.15, 0.2) is 61.2 Å². The van der Waals surface area contributed by atoms with Gasteiger partial charge in [-0.15, -0.1) is 0 Å². The van der Waals surface area contributed by atoms with E-state index < -0.39 is 10.0 Å². The van der Waals surface area contributed by atoms with E-state index in [2.05, 4.69) is 14.7 Å². The molecule has 0 aliphatic heterocycles. The quantitative estimate of drug-likeness (QED) is 0.454. The number of nitrogens with one attached hydrogen (secondary N) is 1. The van der Waals surface area contributed by atoms with Gasteiger partial charge in [-0.05, 0) is 36.8 Å². The first-order chi connectivity index (χ1) is 14.9. The summed E-state index contributed by atoms with van der Waals surface area (Å²) < 4.78 is 47.6. The molecule has 0 amide bonds. The standard InChI is InChI=1S/C21H20FN5O3S/c1-2-31(28,29)26-17-8-5-15(19-20-21(23)24-9-10-27(20)13-25-19)11-18(17)30-12-14-3-6-16(22)7-4-14/h3-11,13,26H,2,12H2,1H3,(H2,23,24). The predicted molar refractivity (Wildman–Crippen MR) is 117 cm³/mol. The zero-order valence-electron chi connectivity index (χ0n) is 16.6. The van der Waals surface area contributed by atoms with Gasteiger partial charge in [0.1, 0.15) is 35.8 Å². The number of rotatable bonds is 7. The van der Waals surface area contributed by atoms with Gasteiger partial charge in [0.15, 0.2) is 0 Å². The van der Waals surface area contributed by atoms with Crippen molar-refractivity contribution >= 4 is 27.0 Å². The first kappa shape index (κ1) is 20.6. The summed E-state index contributed by atoms with van der Waals surface area (Å²) in [6.07, 6.45) is 4.93. The second-order valence-electron chi connectivity index (χ2n) is 6.79. The molecule has 2 aromatic heterocycles. The highest BCUT2D eigenvalue weighted by molar-refractivity contribution is 7.92. The van der Waals surface area contributed by atoms with Crippen molar-refractivity contribution in [3.8, 4) is 17.0 Å². The molecule has 160 valence electrons. The zero-order chi connectivity index (χ0) is 22.0. The molecule has 0 radical (unpaired) electrons. The topological polar surface area (TPSA) is 112 Å². The summed E-state index contributed by atoms with van der Waals surface area (Å²) in [5, 5.41) is 0. The number of halogens is 1. The number of imidazole rings is 1. The van der Waals surface area contributed by atoms with Gasteiger partial charge >= 0.3 is 0 Å². The minimum Gasteiger partial charge on any atom is -0.487 e.